The van der Waals surface area contributed by atoms with Crippen molar-refractivity contribution in [2.75, 3.05) is 0 Å². The molecule has 1 unspecified atom stereocenters. The molecule has 11 rings (SSSR count). The Balaban J connectivity index is 1.17. The molecule has 0 radical (unpaired) electrons. The van der Waals surface area contributed by atoms with Crippen LogP contribution in [0, 0.1) is 0 Å². The highest BCUT2D eigenvalue weighted by Gasteiger charge is 2.48. The van der Waals surface area contributed by atoms with Crippen LogP contribution in [0.15, 0.2) is 182 Å². The van der Waals surface area contributed by atoms with Crippen molar-refractivity contribution in [2.45, 2.75) is 5.41 Å². The Kier molecular flexibility index (Phi) is 7.32. The van der Waals surface area contributed by atoms with Crippen molar-refractivity contribution in [3.05, 3.63) is 216 Å². The molecule has 0 N–H and O–H groups in total. The van der Waals surface area contributed by atoms with Crippen LogP contribution in [0.4, 0.5) is 0 Å². The van der Waals surface area contributed by atoms with Crippen molar-refractivity contribution < 1.29 is 4.74 Å². The van der Waals surface area contributed by atoms with E-state index in [1.165, 1.54) is 5.56 Å². The van der Waals surface area contributed by atoms with Gasteiger partial charge in [0.25, 0.3) is 0 Å². The standard InChI is InChI=1S/C51H32N4O/c1-3-15-36(16-4-1)49-52-31-39(32-53-49)46-30-45(54-50(55-46)37-17-5-2-6-18-37)38-26-25-35-24-23-34-14-8-10-20-41(34)51(44(35)29-38)42-21-11-12-22-47(42)56-48-40-19-9-7-13-33(40)27-28-43(48)51/h1-32H. The maximum atomic E-state index is 6.92. The number of hydrogen-bond donors (Lipinski definition) is 0. The van der Waals surface area contributed by atoms with Gasteiger partial charge in [0.1, 0.15) is 11.5 Å². The molecule has 0 saturated carbocycles. The summed E-state index contributed by atoms with van der Waals surface area (Å²) in [5.74, 6) is 3.03. The van der Waals surface area contributed by atoms with E-state index in [0.717, 1.165) is 83.7 Å². The van der Waals surface area contributed by atoms with Gasteiger partial charge in [-0.05, 0) is 45.8 Å². The maximum Gasteiger partial charge on any atom is 0.160 e. The SMILES string of the molecule is C1=Cc2ccc(-c3cc(-c4cnc(-c5ccccc5)nc4)nc(-c4ccccc4)n3)cc2C2(c3ccccc31)c1ccccc1Oc1c2ccc2ccccc12. The highest BCUT2D eigenvalue weighted by atomic mass is 16.5. The van der Waals surface area contributed by atoms with Gasteiger partial charge < -0.3 is 4.74 Å². The van der Waals surface area contributed by atoms with Crippen molar-refractivity contribution >= 4 is 22.9 Å². The predicted octanol–water partition coefficient (Wildman–Crippen LogP) is 12.1. The van der Waals surface area contributed by atoms with E-state index in [2.05, 4.69) is 121 Å². The van der Waals surface area contributed by atoms with Crippen LogP contribution in [-0.4, -0.2) is 19.9 Å². The lowest BCUT2D eigenvalue weighted by molar-refractivity contribution is 0.439. The first-order valence-corrected chi connectivity index (χ1v) is 18.8. The molecule has 0 saturated heterocycles. The minimum atomic E-state index is -0.709. The zero-order valence-corrected chi connectivity index (χ0v) is 30.2. The number of ether oxygens (including phenoxy) is 1. The van der Waals surface area contributed by atoms with Crippen molar-refractivity contribution in [3.8, 4) is 56.8 Å². The Bertz CT molecular complexity index is 3000. The third kappa shape index (κ3) is 5.02. The van der Waals surface area contributed by atoms with E-state index in [1.54, 1.807) is 0 Å². The number of hydrogen-bond acceptors (Lipinski definition) is 5. The molecule has 1 atom stereocenters. The number of rotatable bonds is 4. The summed E-state index contributed by atoms with van der Waals surface area (Å²) in [6.07, 6.45) is 8.20. The molecule has 0 fully saturated rings. The van der Waals surface area contributed by atoms with E-state index < -0.39 is 5.41 Å². The van der Waals surface area contributed by atoms with Gasteiger partial charge in [0.05, 0.1) is 16.8 Å². The van der Waals surface area contributed by atoms with Crippen molar-refractivity contribution in [2.24, 2.45) is 0 Å². The Morgan fingerprint density at radius 3 is 1.82 bits per heavy atom. The molecule has 0 amide bonds. The fourth-order valence-corrected chi connectivity index (χ4v) is 8.50. The minimum absolute atomic E-state index is 0.633. The first-order valence-electron chi connectivity index (χ1n) is 18.8. The average molecular weight is 717 g/mol. The van der Waals surface area contributed by atoms with Crippen LogP contribution in [0.3, 0.4) is 0 Å². The second-order valence-electron chi connectivity index (χ2n) is 14.2. The summed E-state index contributed by atoms with van der Waals surface area (Å²) in [6.45, 7) is 0. The fraction of sp³-hybridized carbons (Fsp3) is 0.0196. The van der Waals surface area contributed by atoms with Crippen LogP contribution < -0.4 is 4.74 Å². The van der Waals surface area contributed by atoms with Gasteiger partial charge in [-0.1, -0.05) is 164 Å². The van der Waals surface area contributed by atoms with E-state index in [4.69, 9.17) is 24.7 Å². The van der Waals surface area contributed by atoms with Crippen LogP contribution >= 0.6 is 0 Å². The zero-order chi connectivity index (χ0) is 37.1. The van der Waals surface area contributed by atoms with Gasteiger partial charge in [-0.15, -0.1) is 0 Å². The van der Waals surface area contributed by atoms with Gasteiger partial charge in [0.2, 0.25) is 0 Å². The summed E-state index contributed by atoms with van der Waals surface area (Å²) in [7, 11) is 0. The molecule has 7 aromatic carbocycles. The lowest BCUT2D eigenvalue weighted by Gasteiger charge is -2.42. The molecule has 2 aromatic heterocycles. The molecule has 262 valence electrons. The van der Waals surface area contributed by atoms with Crippen LogP contribution in [0.1, 0.15) is 33.4 Å². The monoisotopic (exact) mass is 716 g/mol. The molecular weight excluding hydrogens is 685 g/mol. The fourth-order valence-electron chi connectivity index (χ4n) is 8.50. The van der Waals surface area contributed by atoms with Gasteiger partial charge in [0.15, 0.2) is 11.6 Å². The van der Waals surface area contributed by atoms with Gasteiger partial charge in [-0.2, -0.15) is 0 Å². The van der Waals surface area contributed by atoms with E-state index in [0.29, 0.717) is 11.6 Å². The zero-order valence-electron chi connectivity index (χ0n) is 30.2. The van der Waals surface area contributed by atoms with E-state index in [-0.39, 0.29) is 0 Å². The predicted molar refractivity (Wildman–Crippen MR) is 224 cm³/mol. The topological polar surface area (TPSA) is 60.8 Å². The molecule has 9 aromatic rings. The quantitative estimate of drug-likeness (QED) is 0.181. The van der Waals surface area contributed by atoms with Gasteiger partial charge >= 0.3 is 0 Å². The van der Waals surface area contributed by atoms with Crippen LogP contribution in [0.25, 0.3) is 68.2 Å². The highest BCUT2D eigenvalue weighted by molar-refractivity contribution is 5.94. The Labute approximate surface area is 324 Å². The van der Waals surface area contributed by atoms with Gasteiger partial charge in [0, 0.05) is 51.2 Å². The average Bonchev–Trinajstić information content (AvgIpc) is 3.42. The van der Waals surface area contributed by atoms with Gasteiger partial charge in [-0.3, -0.25) is 0 Å². The largest absolute Gasteiger partial charge is 0.456 e. The first kappa shape index (κ1) is 32.0. The molecule has 1 aliphatic carbocycles. The number of fused-ring (bicyclic) bond motifs is 10. The Morgan fingerprint density at radius 1 is 0.411 bits per heavy atom. The maximum absolute atomic E-state index is 6.92. The summed E-state index contributed by atoms with van der Waals surface area (Å²) < 4.78 is 6.92. The lowest BCUT2D eigenvalue weighted by Crippen LogP contribution is -2.35. The highest BCUT2D eigenvalue weighted by Crippen LogP contribution is 2.59. The summed E-state index contributed by atoms with van der Waals surface area (Å²) in [5.41, 5.74) is 11.4. The molecule has 5 nitrogen and oxygen atoms in total. The second-order valence-corrected chi connectivity index (χ2v) is 14.2. The van der Waals surface area contributed by atoms with E-state index >= 15 is 0 Å². The third-order valence-electron chi connectivity index (χ3n) is 11.1. The summed E-state index contributed by atoms with van der Waals surface area (Å²) in [4.78, 5) is 19.8. The number of aromatic nitrogens is 4. The number of para-hydroxylation sites is 1. The van der Waals surface area contributed by atoms with Crippen LogP contribution in [0.5, 0.6) is 11.5 Å². The van der Waals surface area contributed by atoms with Crippen molar-refractivity contribution in [1.29, 1.82) is 0 Å². The summed E-state index contributed by atoms with van der Waals surface area (Å²) in [5, 5.41) is 2.22. The minimum Gasteiger partial charge on any atom is -0.456 e. The normalized spacial score (nSPS) is 14.9. The van der Waals surface area contributed by atoms with Crippen LogP contribution in [0.2, 0.25) is 0 Å². The molecule has 5 heteroatoms. The Hall–Kier alpha value is -7.50. The number of benzene rings is 7. The number of nitrogens with zero attached hydrogens (tertiary/aromatic N) is 4. The molecule has 1 aliphatic heterocycles. The molecule has 0 bridgehead atoms. The van der Waals surface area contributed by atoms with E-state index in [1.807, 2.05) is 73.1 Å². The second kappa shape index (κ2) is 12.8. The summed E-state index contributed by atoms with van der Waals surface area (Å²) >= 11 is 0. The molecule has 56 heavy (non-hydrogen) atoms. The molecular formula is C51H32N4O. The van der Waals surface area contributed by atoms with Crippen LogP contribution in [-0.2, 0) is 5.41 Å². The Morgan fingerprint density at radius 2 is 1.04 bits per heavy atom. The van der Waals surface area contributed by atoms with Crippen molar-refractivity contribution in [3.63, 3.8) is 0 Å². The lowest BCUT2D eigenvalue weighted by atomic mass is 9.62. The van der Waals surface area contributed by atoms with Gasteiger partial charge in [-0.25, -0.2) is 19.9 Å². The third-order valence-corrected chi connectivity index (χ3v) is 11.1. The summed E-state index contributed by atoms with van der Waals surface area (Å²) in [6, 6.07) is 59.2. The van der Waals surface area contributed by atoms with Crippen molar-refractivity contribution in [1.82, 2.24) is 19.9 Å². The molecule has 2 aliphatic rings. The smallest absolute Gasteiger partial charge is 0.160 e. The molecule has 1 spiro atoms. The molecule has 3 heterocycles. The van der Waals surface area contributed by atoms with E-state index in [9.17, 15) is 0 Å². The first-order chi connectivity index (χ1) is 27.7.